The predicted octanol–water partition coefficient (Wildman–Crippen LogP) is 3.73. The molecule has 122 valence electrons. The number of aryl methyl sites for hydroxylation is 1. The number of nitro benzene ring substituents is 1. The summed E-state index contributed by atoms with van der Waals surface area (Å²) in [5, 5.41) is 14.4. The summed E-state index contributed by atoms with van der Waals surface area (Å²) in [6.45, 7) is 5.50. The monoisotopic (exact) mass is 352 g/mol. The van der Waals surface area contributed by atoms with Crippen molar-refractivity contribution in [2.24, 2.45) is 0 Å². The van der Waals surface area contributed by atoms with E-state index in [4.69, 9.17) is 11.6 Å². The Balaban J connectivity index is 1.74. The van der Waals surface area contributed by atoms with E-state index in [1.54, 1.807) is 17.4 Å². The van der Waals surface area contributed by atoms with Crippen molar-refractivity contribution in [3.8, 4) is 0 Å². The minimum Gasteiger partial charge on any atom is -0.368 e. The summed E-state index contributed by atoms with van der Waals surface area (Å²) in [5.41, 5.74) is 1.92. The molecule has 1 aliphatic heterocycles. The number of hydrogen-bond donors (Lipinski definition) is 0. The number of hydrogen-bond acceptors (Lipinski definition) is 6. The Hall–Kier alpha value is -1.86. The van der Waals surface area contributed by atoms with Crippen molar-refractivity contribution in [1.29, 1.82) is 0 Å². The fraction of sp³-hybridized carbons (Fsp3) is 0.400. The van der Waals surface area contributed by atoms with Crippen LogP contribution in [0.15, 0.2) is 23.6 Å². The quantitative estimate of drug-likeness (QED) is 0.622. The first-order valence-electron chi connectivity index (χ1n) is 7.40. The first-order valence-corrected chi connectivity index (χ1v) is 8.66. The van der Waals surface area contributed by atoms with E-state index in [-0.39, 0.29) is 5.69 Å². The smallest absolute Gasteiger partial charge is 0.271 e. The molecule has 0 saturated carbocycles. The number of halogens is 1. The molecule has 0 radical (unpaired) electrons. The first kappa shape index (κ1) is 16.0. The van der Waals surface area contributed by atoms with Gasteiger partial charge in [-0.25, -0.2) is 4.98 Å². The number of aromatic nitrogens is 1. The van der Waals surface area contributed by atoms with Crippen molar-refractivity contribution < 1.29 is 4.92 Å². The molecular weight excluding hydrogens is 336 g/mol. The third-order valence-electron chi connectivity index (χ3n) is 3.86. The van der Waals surface area contributed by atoms with E-state index >= 15 is 0 Å². The highest BCUT2D eigenvalue weighted by atomic mass is 35.5. The van der Waals surface area contributed by atoms with Gasteiger partial charge in [-0.15, -0.1) is 11.3 Å². The molecule has 1 fully saturated rings. The maximum atomic E-state index is 10.8. The predicted molar refractivity (Wildman–Crippen MR) is 94.0 cm³/mol. The fourth-order valence-electron chi connectivity index (χ4n) is 2.70. The van der Waals surface area contributed by atoms with Crippen LogP contribution < -0.4 is 9.80 Å². The molecule has 6 nitrogen and oxygen atoms in total. The van der Waals surface area contributed by atoms with Gasteiger partial charge in [0.05, 0.1) is 21.3 Å². The lowest BCUT2D eigenvalue weighted by Gasteiger charge is -2.24. The summed E-state index contributed by atoms with van der Waals surface area (Å²) in [7, 11) is 0. The number of rotatable bonds is 3. The molecule has 1 aromatic carbocycles. The Labute approximate surface area is 143 Å². The fourth-order valence-corrected chi connectivity index (χ4v) is 3.85. The molecule has 0 N–H and O–H groups in total. The number of nitro groups is 1. The molecule has 0 amide bonds. The Morgan fingerprint density at radius 3 is 2.65 bits per heavy atom. The summed E-state index contributed by atoms with van der Waals surface area (Å²) in [6.07, 6.45) is 0.992. The molecular formula is C15H17ClN4O2S. The highest BCUT2D eigenvalue weighted by molar-refractivity contribution is 7.13. The Morgan fingerprint density at radius 1 is 1.26 bits per heavy atom. The van der Waals surface area contributed by atoms with Crippen LogP contribution >= 0.6 is 22.9 Å². The molecule has 2 heterocycles. The second-order valence-corrected chi connectivity index (χ2v) is 6.74. The lowest BCUT2D eigenvalue weighted by Crippen LogP contribution is -2.30. The number of non-ortho nitro benzene ring substituents is 1. The molecule has 23 heavy (non-hydrogen) atoms. The molecule has 0 aliphatic carbocycles. The van der Waals surface area contributed by atoms with Crippen LogP contribution in [0.1, 0.15) is 12.1 Å². The summed E-state index contributed by atoms with van der Waals surface area (Å²) < 4.78 is 0. The minimum atomic E-state index is -0.426. The largest absolute Gasteiger partial charge is 0.368 e. The van der Waals surface area contributed by atoms with Crippen LogP contribution in [0.5, 0.6) is 0 Å². The molecule has 0 spiro atoms. The Bertz CT molecular complexity index is 721. The van der Waals surface area contributed by atoms with Crippen LogP contribution in [0.25, 0.3) is 0 Å². The zero-order chi connectivity index (χ0) is 16.4. The second kappa shape index (κ2) is 6.72. The van der Waals surface area contributed by atoms with Crippen molar-refractivity contribution in [3.63, 3.8) is 0 Å². The van der Waals surface area contributed by atoms with Crippen LogP contribution in [0.3, 0.4) is 0 Å². The van der Waals surface area contributed by atoms with Gasteiger partial charge in [0.25, 0.3) is 5.69 Å². The van der Waals surface area contributed by atoms with Crippen LogP contribution in [0, 0.1) is 17.0 Å². The molecule has 0 unspecified atom stereocenters. The number of thiazole rings is 1. The second-order valence-electron chi connectivity index (χ2n) is 5.49. The highest BCUT2D eigenvalue weighted by Gasteiger charge is 2.20. The van der Waals surface area contributed by atoms with Crippen LogP contribution in [0.2, 0.25) is 5.02 Å². The standard InChI is InChI=1S/C15H17ClN4O2S/c1-11-10-23-15(17-11)19-6-2-5-18(7-8-19)14-4-3-12(20(21)22)9-13(14)16/h3-4,9-10H,2,5-8H2,1H3. The van der Waals surface area contributed by atoms with Crippen LogP contribution in [-0.4, -0.2) is 36.1 Å². The van der Waals surface area contributed by atoms with Gasteiger partial charge in [0.15, 0.2) is 5.13 Å². The van der Waals surface area contributed by atoms with Gasteiger partial charge in [-0.1, -0.05) is 11.6 Å². The lowest BCUT2D eigenvalue weighted by atomic mass is 10.2. The van der Waals surface area contributed by atoms with Gasteiger partial charge in [-0.3, -0.25) is 10.1 Å². The van der Waals surface area contributed by atoms with Crippen molar-refractivity contribution in [3.05, 3.63) is 44.4 Å². The van der Waals surface area contributed by atoms with E-state index in [1.807, 2.05) is 6.92 Å². The van der Waals surface area contributed by atoms with Gasteiger partial charge in [0, 0.05) is 43.7 Å². The van der Waals surface area contributed by atoms with E-state index in [2.05, 4.69) is 20.2 Å². The maximum absolute atomic E-state index is 10.8. The summed E-state index contributed by atoms with van der Waals surface area (Å²) >= 11 is 7.91. The molecule has 2 aromatic rings. The van der Waals surface area contributed by atoms with Gasteiger partial charge in [0.1, 0.15) is 0 Å². The number of benzene rings is 1. The molecule has 3 rings (SSSR count). The van der Waals surface area contributed by atoms with Gasteiger partial charge in [0.2, 0.25) is 0 Å². The molecule has 1 aromatic heterocycles. The zero-order valence-electron chi connectivity index (χ0n) is 12.7. The minimum absolute atomic E-state index is 0.0217. The van der Waals surface area contributed by atoms with Crippen LogP contribution in [-0.2, 0) is 0 Å². The van der Waals surface area contributed by atoms with Crippen LogP contribution in [0.4, 0.5) is 16.5 Å². The van der Waals surface area contributed by atoms with Gasteiger partial charge < -0.3 is 9.80 Å². The average molecular weight is 353 g/mol. The maximum Gasteiger partial charge on any atom is 0.271 e. The van der Waals surface area contributed by atoms with Crippen molar-refractivity contribution >= 4 is 39.4 Å². The van der Waals surface area contributed by atoms with Gasteiger partial charge in [-0.2, -0.15) is 0 Å². The molecule has 1 saturated heterocycles. The number of anilines is 2. The van der Waals surface area contributed by atoms with Crippen molar-refractivity contribution in [2.75, 3.05) is 36.0 Å². The average Bonchev–Trinajstić information content (AvgIpc) is 2.81. The van der Waals surface area contributed by atoms with E-state index in [0.717, 1.165) is 49.1 Å². The summed E-state index contributed by atoms with van der Waals surface area (Å²) in [4.78, 5) is 19.4. The topological polar surface area (TPSA) is 62.5 Å². The summed E-state index contributed by atoms with van der Waals surface area (Å²) in [6, 6.07) is 4.67. The molecule has 1 aliphatic rings. The molecule has 0 atom stereocenters. The Kier molecular flexibility index (Phi) is 4.68. The van der Waals surface area contributed by atoms with Crippen molar-refractivity contribution in [1.82, 2.24) is 4.98 Å². The lowest BCUT2D eigenvalue weighted by molar-refractivity contribution is -0.384. The first-order chi connectivity index (χ1) is 11.0. The third kappa shape index (κ3) is 3.56. The highest BCUT2D eigenvalue weighted by Crippen LogP contribution is 2.31. The van der Waals surface area contributed by atoms with E-state index in [0.29, 0.717) is 5.02 Å². The molecule has 8 heteroatoms. The van der Waals surface area contributed by atoms with E-state index in [9.17, 15) is 10.1 Å². The summed E-state index contributed by atoms with van der Waals surface area (Å²) in [5.74, 6) is 0. The third-order valence-corrected chi connectivity index (χ3v) is 5.18. The zero-order valence-corrected chi connectivity index (χ0v) is 14.3. The normalized spacial score (nSPS) is 15.6. The Morgan fingerprint density at radius 2 is 2.00 bits per heavy atom. The van der Waals surface area contributed by atoms with E-state index < -0.39 is 4.92 Å². The molecule has 0 bridgehead atoms. The number of nitrogens with zero attached hydrogens (tertiary/aromatic N) is 4. The van der Waals surface area contributed by atoms with Gasteiger partial charge in [-0.05, 0) is 19.4 Å². The van der Waals surface area contributed by atoms with E-state index in [1.165, 1.54) is 12.1 Å². The van der Waals surface area contributed by atoms with Gasteiger partial charge >= 0.3 is 0 Å². The SMILES string of the molecule is Cc1csc(N2CCCN(c3ccc([N+](=O)[O-])cc3Cl)CC2)n1. The van der Waals surface area contributed by atoms with Crippen molar-refractivity contribution in [2.45, 2.75) is 13.3 Å².